The minimum atomic E-state index is -0.520. The Morgan fingerprint density at radius 1 is 1.29 bits per heavy atom. The molecule has 7 heteroatoms. The van der Waals surface area contributed by atoms with Gasteiger partial charge >= 0.3 is 0 Å². The Morgan fingerprint density at radius 3 is 2.52 bits per heavy atom. The van der Waals surface area contributed by atoms with Crippen LogP contribution in [0.3, 0.4) is 0 Å². The highest BCUT2D eigenvalue weighted by molar-refractivity contribution is 6.06. The van der Waals surface area contributed by atoms with Crippen LogP contribution in [0.5, 0.6) is 0 Å². The van der Waals surface area contributed by atoms with E-state index in [0.717, 1.165) is 18.5 Å². The third-order valence-corrected chi connectivity index (χ3v) is 3.03. The molecule has 0 aliphatic carbocycles. The summed E-state index contributed by atoms with van der Waals surface area (Å²) in [5.74, 6) is -0.924. The number of nitrogens with one attached hydrogen (secondary N) is 2. The highest BCUT2D eigenvalue weighted by Crippen LogP contribution is 2.17. The first-order chi connectivity index (χ1) is 10.0. The molecule has 0 atom stereocenters. The molecule has 1 heterocycles. The van der Waals surface area contributed by atoms with Crippen molar-refractivity contribution in [3.05, 3.63) is 41.2 Å². The van der Waals surface area contributed by atoms with Crippen LogP contribution in [0.25, 0.3) is 0 Å². The standard InChI is InChI=1S/C14H17N5O2/c1-2-3-10-11(15)12(19-18-10)14(21)17-9-6-4-8(5-7-9)13(16)20/h4-7H,2-3,15H2,1H3,(H2,16,20)(H,17,21)(H,18,19). The highest BCUT2D eigenvalue weighted by atomic mass is 16.2. The Kier molecular flexibility index (Phi) is 4.22. The summed E-state index contributed by atoms with van der Waals surface area (Å²) in [7, 11) is 0. The lowest BCUT2D eigenvalue weighted by Crippen LogP contribution is -2.15. The van der Waals surface area contributed by atoms with E-state index in [1.165, 1.54) is 12.1 Å². The summed E-state index contributed by atoms with van der Waals surface area (Å²) in [4.78, 5) is 23.1. The topological polar surface area (TPSA) is 127 Å². The summed E-state index contributed by atoms with van der Waals surface area (Å²) in [6, 6.07) is 6.25. The molecule has 2 rings (SSSR count). The number of aryl methyl sites for hydroxylation is 1. The number of primary amides is 1. The number of hydrogen-bond donors (Lipinski definition) is 4. The monoisotopic (exact) mass is 287 g/mol. The summed E-state index contributed by atoms with van der Waals surface area (Å²) in [5, 5.41) is 9.38. The van der Waals surface area contributed by atoms with Gasteiger partial charge in [0.15, 0.2) is 5.69 Å². The minimum absolute atomic E-state index is 0.164. The zero-order valence-electron chi connectivity index (χ0n) is 11.6. The van der Waals surface area contributed by atoms with Crippen molar-refractivity contribution in [3.8, 4) is 0 Å². The predicted molar refractivity (Wildman–Crippen MR) is 79.9 cm³/mol. The number of aromatic amines is 1. The van der Waals surface area contributed by atoms with Gasteiger partial charge in [-0.1, -0.05) is 13.3 Å². The number of anilines is 2. The zero-order valence-corrected chi connectivity index (χ0v) is 11.6. The average Bonchev–Trinajstić information content (AvgIpc) is 2.81. The molecular weight excluding hydrogens is 270 g/mol. The lowest BCUT2D eigenvalue weighted by molar-refractivity contribution is 0.0998. The van der Waals surface area contributed by atoms with Gasteiger partial charge in [-0.05, 0) is 30.7 Å². The molecule has 0 unspecified atom stereocenters. The third-order valence-electron chi connectivity index (χ3n) is 3.03. The molecule has 6 N–H and O–H groups in total. The number of amides is 2. The summed E-state index contributed by atoms with van der Waals surface area (Å²) in [5.41, 5.74) is 13.2. The number of nitrogens with two attached hydrogens (primary N) is 2. The van der Waals surface area contributed by atoms with Crippen molar-refractivity contribution in [2.45, 2.75) is 19.8 Å². The molecule has 0 saturated heterocycles. The molecule has 1 aromatic heterocycles. The number of hydrogen-bond acceptors (Lipinski definition) is 4. The average molecular weight is 287 g/mol. The van der Waals surface area contributed by atoms with Gasteiger partial charge in [0, 0.05) is 11.3 Å². The van der Waals surface area contributed by atoms with Gasteiger partial charge in [0.2, 0.25) is 5.91 Å². The summed E-state index contributed by atoms with van der Waals surface area (Å²) in [6.07, 6.45) is 1.64. The molecular formula is C14H17N5O2. The Balaban J connectivity index is 2.12. The van der Waals surface area contributed by atoms with Crippen LogP contribution in [0.2, 0.25) is 0 Å². The van der Waals surface area contributed by atoms with Crippen LogP contribution < -0.4 is 16.8 Å². The molecule has 0 aliphatic rings. The molecule has 0 saturated carbocycles. The number of nitrogens with zero attached hydrogens (tertiary/aromatic N) is 1. The first-order valence-electron chi connectivity index (χ1n) is 6.56. The van der Waals surface area contributed by atoms with Crippen LogP contribution in [0.4, 0.5) is 11.4 Å². The number of H-pyrrole nitrogens is 1. The van der Waals surface area contributed by atoms with E-state index in [1.807, 2.05) is 6.92 Å². The molecule has 0 fully saturated rings. The summed E-state index contributed by atoms with van der Waals surface area (Å²) >= 11 is 0. The van der Waals surface area contributed by atoms with E-state index in [4.69, 9.17) is 11.5 Å². The second-order valence-electron chi connectivity index (χ2n) is 4.61. The van der Waals surface area contributed by atoms with Crippen LogP contribution in [-0.4, -0.2) is 22.0 Å². The summed E-state index contributed by atoms with van der Waals surface area (Å²) in [6.45, 7) is 2.01. The van der Waals surface area contributed by atoms with Crippen molar-refractivity contribution in [3.63, 3.8) is 0 Å². The largest absolute Gasteiger partial charge is 0.395 e. The van der Waals surface area contributed by atoms with Crippen molar-refractivity contribution in [1.82, 2.24) is 10.2 Å². The minimum Gasteiger partial charge on any atom is -0.395 e. The van der Waals surface area contributed by atoms with E-state index >= 15 is 0 Å². The molecule has 7 nitrogen and oxygen atoms in total. The second-order valence-corrected chi connectivity index (χ2v) is 4.61. The molecule has 1 aromatic carbocycles. The molecule has 21 heavy (non-hydrogen) atoms. The number of aromatic nitrogens is 2. The van der Waals surface area contributed by atoms with E-state index in [0.29, 0.717) is 16.9 Å². The number of benzene rings is 1. The Labute approximate surface area is 121 Å². The Hall–Kier alpha value is -2.83. The SMILES string of the molecule is CCCc1[nH]nc(C(=O)Nc2ccc(C(N)=O)cc2)c1N. The molecule has 2 aromatic rings. The van der Waals surface area contributed by atoms with Crippen LogP contribution in [0.1, 0.15) is 39.9 Å². The number of carbonyl (C=O) groups is 2. The maximum Gasteiger partial charge on any atom is 0.278 e. The van der Waals surface area contributed by atoms with E-state index in [2.05, 4.69) is 15.5 Å². The van der Waals surface area contributed by atoms with Crippen LogP contribution >= 0.6 is 0 Å². The van der Waals surface area contributed by atoms with E-state index < -0.39 is 11.8 Å². The molecule has 110 valence electrons. The third kappa shape index (κ3) is 3.19. The van der Waals surface area contributed by atoms with Gasteiger partial charge in [0.1, 0.15) is 0 Å². The lowest BCUT2D eigenvalue weighted by Gasteiger charge is -2.04. The smallest absolute Gasteiger partial charge is 0.278 e. The Bertz CT molecular complexity index is 661. The quantitative estimate of drug-likeness (QED) is 0.660. The van der Waals surface area contributed by atoms with Crippen LogP contribution in [-0.2, 0) is 6.42 Å². The van der Waals surface area contributed by atoms with Gasteiger partial charge in [-0.15, -0.1) is 0 Å². The van der Waals surface area contributed by atoms with Crippen molar-refractivity contribution < 1.29 is 9.59 Å². The maximum atomic E-state index is 12.1. The molecule has 0 aliphatic heterocycles. The van der Waals surface area contributed by atoms with Gasteiger partial charge in [-0.2, -0.15) is 5.10 Å². The molecule has 0 bridgehead atoms. The fraction of sp³-hybridized carbons (Fsp3) is 0.214. The summed E-state index contributed by atoms with van der Waals surface area (Å²) < 4.78 is 0. The van der Waals surface area contributed by atoms with Crippen molar-refractivity contribution in [2.24, 2.45) is 5.73 Å². The van der Waals surface area contributed by atoms with E-state index in [1.54, 1.807) is 12.1 Å². The molecule has 2 amide bonds. The molecule has 0 radical (unpaired) electrons. The van der Waals surface area contributed by atoms with Gasteiger partial charge in [0.25, 0.3) is 5.91 Å². The van der Waals surface area contributed by atoms with Crippen LogP contribution in [0.15, 0.2) is 24.3 Å². The maximum absolute atomic E-state index is 12.1. The van der Waals surface area contributed by atoms with E-state index in [-0.39, 0.29) is 5.69 Å². The van der Waals surface area contributed by atoms with Crippen molar-refractivity contribution in [1.29, 1.82) is 0 Å². The zero-order chi connectivity index (χ0) is 15.4. The van der Waals surface area contributed by atoms with Gasteiger partial charge < -0.3 is 16.8 Å². The van der Waals surface area contributed by atoms with Gasteiger partial charge in [-0.3, -0.25) is 14.7 Å². The number of carbonyl (C=O) groups excluding carboxylic acids is 2. The molecule has 0 spiro atoms. The van der Waals surface area contributed by atoms with Gasteiger partial charge in [0.05, 0.1) is 11.4 Å². The van der Waals surface area contributed by atoms with Crippen LogP contribution in [0, 0.1) is 0 Å². The Morgan fingerprint density at radius 2 is 1.95 bits per heavy atom. The first-order valence-corrected chi connectivity index (χ1v) is 6.56. The number of rotatable bonds is 5. The lowest BCUT2D eigenvalue weighted by atomic mass is 10.2. The highest BCUT2D eigenvalue weighted by Gasteiger charge is 2.17. The normalized spacial score (nSPS) is 10.3. The second kappa shape index (κ2) is 6.08. The fourth-order valence-corrected chi connectivity index (χ4v) is 1.91. The fourth-order valence-electron chi connectivity index (χ4n) is 1.91. The van der Waals surface area contributed by atoms with Crippen molar-refractivity contribution >= 4 is 23.2 Å². The van der Waals surface area contributed by atoms with E-state index in [9.17, 15) is 9.59 Å². The van der Waals surface area contributed by atoms with Crippen molar-refractivity contribution in [2.75, 3.05) is 11.1 Å². The first kappa shape index (κ1) is 14.6. The number of nitrogen functional groups attached to an aromatic ring is 1. The van der Waals surface area contributed by atoms with Gasteiger partial charge in [-0.25, -0.2) is 0 Å². The predicted octanol–water partition coefficient (Wildman–Crippen LogP) is 1.30.